The fraction of sp³-hybridized carbons (Fsp3) is 0.241. The molecule has 8 heteroatoms. The number of carbonyl (C=O) groups excluding carboxylic acids is 2. The van der Waals surface area contributed by atoms with E-state index in [2.05, 4.69) is 0 Å². The Labute approximate surface area is 214 Å². The van der Waals surface area contributed by atoms with Crippen LogP contribution in [0.3, 0.4) is 0 Å². The Morgan fingerprint density at radius 1 is 0.649 bits per heavy atom. The maximum absolute atomic E-state index is 12.4. The van der Waals surface area contributed by atoms with Crippen molar-refractivity contribution >= 4 is 23.9 Å². The summed E-state index contributed by atoms with van der Waals surface area (Å²) in [5, 5.41) is 17.6. The van der Waals surface area contributed by atoms with Gasteiger partial charge in [-0.2, -0.15) is 0 Å². The molecule has 0 bridgehead atoms. The predicted molar refractivity (Wildman–Crippen MR) is 135 cm³/mol. The smallest absolute Gasteiger partial charge is 0.343 e. The Hall–Kier alpha value is -4.46. The second-order valence-corrected chi connectivity index (χ2v) is 9.02. The fourth-order valence-corrected chi connectivity index (χ4v) is 3.69. The van der Waals surface area contributed by atoms with Crippen LogP contribution >= 0.6 is 0 Å². The highest BCUT2D eigenvalue weighted by molar-refractivity contribution is 5.93. The van der Waals surface area contributed by atoms with E-state index in [0.29, 0.717) is 24.3 Å². The van der Waals surface area contributed by atoms with Crippen LogP contribution < -0.4 is 9.47 Å². The van der Waals surface area contributed by atoms with Gasteiger partial charge in [-0.3, -0.25) is 9.59 Å². The van der Waals surface area contributed by atoms with Crippen LogP contribution in [-0.4, -0.2) is 34.1 Å². The van der Waals surface area contributed by atoms with E-state index < -0.39 is 29.3 Å². The van der Waals surface area contributed by atoms with Crippen LogP contribution in [-0.2, 0) is 15.0 Å². The minimum Gasteiger partial charge on any atom is -0.481 e. The van der Waals surface area contributed by atoms with E-state index in [1.54, 1.807) is 24.3 Å². The standard InChI is InChI=1S/C29H28O8/c1-29(2,21-11-15-23(16-12-21)36-26(32)6-4-3-5-25(30)31)22-13-17-24(18-14-22)37-28(35)20-9-7-19(8-10-20)27(33)34/h7-18H,3-6H2,1-2H3,(H,30,31)(H,33,34). The van der Waals surface area contributed by atoms with Gasteiger partial charge in [0.2, 0.25) is 0 Å². The Morgan fingerprint density at radius 2 is 1.11 bits per heavy atom. The fourth-order valence-electron chi connectivity index (χ4n) is 3.69. The molecule has 3 aromatic rings. The lowest BCUT2D eigenvalue weighted by Crippen LogP contribution is -2.19. The molecule has 3 aromatic carbocycles. The predicted octanol–water partition coefficient (Wildman–Crippen LogP) is 5.48. The SMILES string of the molecule is CC(C)(c1ccc(OC(=O)CCCCC(=O)O)cc1)c1ccc(OC(=O)c2ccc(C(=O)O)cc2)cc1. The molecule has 0 atom stereocenters. The molecule has 0 heterocycles. The van der Waals surface area contributed by atoms with E-state index in [1.165, 1.54) is 24.3 Å². The summed E-state index contributed by atoms with van der Waals surface area (Å²) in [6.45, 7) is 4.09. The summed E-state index contributed by atoms with van der Waals surface area (Å²) < 4.78 is 10.7. The molecular weight excluding hydrogens is 476 g/mol. The molecule has 0 fully saturated rings. The van der Waals surface area contributed by atoms with Gasteiger partial charge in [0.25, 0.3) is 0 Å². The number of rotatable bonds is 11. The Kier molecular flexibility index (Phi) is 8.79. The van der Waals surface area contributed by atoms with Crippen LogP contribution in [0, 0.1) is 0 Å². The maximum Gasteiger partial charge on any atom is 0.343 e. The molecule has 3 rings (SSSR count). The molecule has 0 aliphatic carbocycles. The topological polar surface area (TPSA) is 127 Å². The minimum atomic E-state index is -1.07. The van der Waals surface area contributed by atoms with Gasteiger partial charge >= 0.3 is 23.9 Å². The number of carboxylic acid groups (broad SMARTS) is 2. The third kappa shape index (κ3) is 7.51. The van der Waals surface area contributed by atoms with Gasteiger partial charge in [-0.25, -0.2) is 9.59 Å². The summed E-state index contributed by atoms with van der Waals surface area (Å²) in [5.74, 6) is -2.17. The lowest BCUT2D eigenvalue weighted by molar-refractivity contribution is -0.138. The van der Waals surface area contributed by atoms with Crippen LogP contribution in [0.15, 0.2) is 72.8 Å². The van der Waals surface area contributed by atoms with Gasteiger partial charge in [-0.15, -0.1) is 0 Å². The molecule has 8 nitrogen and oxygen atoms in total. The monoisotopic (exact) mass is 504 g/mol. The van der Waals surface area contributed by atoms with E-state index in [9.17, 15) is 19.2 Å². The molecule has 0 unspecified atom stereocenters. The molecule has 0 aromatic heterocycles. The zero-order chi connectivity index (χ0) is 27.0. The number of carboxylic acids is 2. The molecule has 0 aliphatic rings. The van der Waals surface area contributed by atoms with Gasteiger partial charge in [0.1, 0.15) is 11.5 Å². The molecule has 192 valence electrons. The number of hydrogen-bond acceptors (Lipinski definition) is 6. The van der Waals surface area contributed by atoms with Crippen molar-refractivity contribution in [3.05, 3.63) is 95.1 Å². The highest BCUT2D eigenvalue weighted by atomic mass is 16.5. The van der Waals surface area contributed by atoms with Crippen molar-refractivity contribution in [2.75, 3.05) is 0 Å². The Bertz CT molecular complexity index is 1260. The molecule has 0 saturated heterocycles. The molecule has 0 amide bonds. The number of aromatic carboxylic acids is 1. The molecular formula is C29H28O8. The van der Waals surface area contributed by atoms with E-state index in [4.69, 9.17) is 19.7 Å². The highest BCUT2D eigenvalue weighted by Gasteiger charge is 2.23. The molecule has 0 saturated carbocycles. The first-order valence-electron chi connectivity index (χ1n) is 11.8. The first-order valence-corrected chi connectivity index (χ1v) is 11.8. The number of unbranched alkanes of at least 4 members (excludes halogenated alkanes) is 1. The first kappa shape index (κ1) is 27.1. The lowest BCUT2D eigenvalue weighted by Gasteiger charge is -2.26. The van der Waals surface area contributed by atoms with Gasteiger partial charge in [-0.05, 0) is 72.5 Å². The number of esters is 2. The van der Waals surface area contributed by atoms with E-state index >= 15 is 0 Å². The van der Waals surface area contributed by atoms with Crippen molar-refractivity contribution in [1.82, 2.24) is 0 Å². The average molecular weight is 505 g/mol. The Morgan fingerprint density at radius 3 is 1.59 bits per heavy atom. The normalized spacial score (nSPS) is 11.0. The molecule has 0 spiro atoms. The first-order chi connectivity index (χ1) is 17.6. The second-order valence-electron chi connectivity index (χ2n) is 9.02. The van der Waals surface area contributed by atoms with Crippen molar-refractivity contribution in [2.24, 2.45) is 0 Å². The molecule has 0 aliphatic heterocycles. The zero-order valence-corrected chi connectivity index (χ0v) is 20.6. The average Bonchev–Trinajstić information content (AvgIpc) is 2.87. The van der Waals surface area contributed by atoms with Crippen LogP contribution in [0.5, 0.6) is 11.5 Å². The number of benzene rings is 3. The van der Waals surface area contributed by atoms with Crippen molar-refractivity contribution in [3.8, 4) is 11.5 Å². The summed E-state index contributed by atoms with van der Waals surface area (Å²) in [5.41, 5.74) is 1.89. The van der Waals surface area contributed by atoms with Crippen molar-refractivity contribution < 1.29 is 38.9 Å². The van der Waals surface area contributed by atoms with Gasteiger partial charge in [0.05, 0.1) is 11.1 Å². The lowest BCUT2D eigenvalue weighted by atomic mass is 9.78. The zero-order valence-electron chi connectivity index (χ0n) is 20.6. The van der Waals surface area contributed by atoms with Crippen molar-refractivity contribution in [3.63, 3.8) is 0 Å². The number of carbonyl (C=O) groups is 4. The second kappa shape index (κ2) is 12.0. The maximum atomic E-state index is 12.4. The van der Waals surface area contributed by atoms with Crippen LogP contribution in [0.1, 0.15) is 71.4 Å². The number of ether oxygens (including phenoxy) is 2. The summed E-state index contributed by atoms with van der Waals surface area (Å²) in [7, 11) is 0. The molecule has 2 N–H and O–H groups in total. The Balaban J connectivity index is 1.59. The van der Waals surface area contributed by atoms with Crippen LogP contribution in [0.25, 0.3) is 0 Å². The van der Waals surface area contributed by atoms with Gasteiger partial charge < -0.3 is 19.7 Å². The highest BCUT2D eigenvalue weighted by Crippen LogP contribution is 2.33. The number of aliphatic carboxylic acids is 1. The van der Waals surface area contributed by atoms with Gasteiger partial charge in [0.15, 0.2) is 0 Å². The summed E-state index contributed by atoms with van der Waals surface area (Å²) >= 11 is 0. The van der Waals surface area contributed by atoms with Crippen LogP contribution in [0.4, 0.5) is 0 Å². The molecule has 0 radical (unpaired) electrons. The van der Waals surface area contributed by atoms with Gasteiger partial charge in [0, 0.05) is 18.3 Å². The van der Waals surface area contributed by atoms with E-state index in [0.717, 1.165) is 11.1 Å². The number of hydrogen-bond donors (Lipinski definition) is 2. The summed E-state index contributed by atoms with van der Waals surface area (Å²) in [4.78, 5) is 45.8. The van der Waals surface area contributed by atoms with Crippen LogP contribution in [0.2, 0.25) is 0 Å². The summed E-state index contributed by atoms with van der Waals surface area (Å²) in [6, 6.07) is 19.8. The largest absolute Gasteiger partial charge is 0.481 e. The van der Waals surface area contributed by atoms with E-state index in [1.807, 2.05) is 38.1 Å². The van der Waals surface area contributed by atoms with Crippen molar-refractivity contribution in [1.29, 1.82) is 0 Å². The third-order valence-electron chi connectivity index (χ3n) is 5.98. The minimum absolute atomic E-state index is 0.0306. The van der Waals surface area contributed by atoms with Gasteiger partial charge in [-0.1, -0.05) is 38.1 Å². The van der Waals surface area contributed by atoms with Crippen molar-refractivity contribution in [2.45, 2.75) is 44.9 Å². The molecule has 37 heavy (non-hydrogen) atoms. The third-order valence-corrected chi connectivity index (χ3v) is 5.98. The summed E-state index contributed by atoms with van der Waals surface area (Å²) in [6.07, 6.45) is 1.07. The quantitative estimate of drug-likeness (QED) is 0.200. The van der Waals surface area contributed by atoms with E-state index in [-0.39, 0.29) is 24.0 Å².